The number of amides is 1. The zero-order valence-electron chi connectivity index (χ0n) is 7.09. The van der Waals surface area contributed by atoms with Crippen LogP contribution < -0.4 is 5.32 Å². The molecule has 0 aliphatic carbocycles. The van der Waals surface area contributed by atoms with Gasteiger partial charge in [-0.25, -0.2) is 4.98 Å². The van der Waals surface area contributed by atoms with Crippen molar-refractivity contribution < 1.29 is 4.79 Å². The van der Waals surface area contributed by atoms with Gasteiger partial charge in [0, 0.05) is 11.0 Å². The van der Waals surface area contributed by atoms with E-state index in [1.54, 1.807) is 6.92 Å². The molecule has 0 radical (unpaired) electrons. The second-order valence-corrected chi connectivity index (χ2v) is 3.57. The van der Waals surface area contributed by atoms with Gasteiger partial charge in [0.05, 0.1) is 0 Å². The maximum absolute atomic E-state index is 11.2. The summed E-state index contributed by atoms with van der Waals surface area (Å²) in [6, 6.07) is 0. The highest BCUT2D eigenvalue weighted by Crippen LogP contribution is 1.97. The highest BCUT2D eigenvalue weighted by molar-refractivity contribution is 9.11. The summed E-state index contributed by atoms with van der Waals surface area (Å²) in [7, 11) is 0. The lowest BCUT2D eigenvalue weighted by Gasteiger charge is -1.98. The number of carbonyl (C=O) groups excluding carboxylic acids is 1. The van der Waals surface area contributed by atoms with E-state index in [4.69, 9.17) is 0 Å². The lowest BCUT2D eigenvalue weighted by molar-refractivity contribution is 0.0948. The highest BCUT2D eigenvalue weighted by Gasteiger charge is 2.09. The third kappa shape index (κ3) is 2.98. The molecule has 0 bridgehead atoms. The van der Waals surface area contributed by atoms with E-state index in [0.29, 0.717) is 16.9 Å². The summed E-state index contributed by atoms with van der Waals surface area (Å²) in [4.78, 5) is 15.1. The van der Waals surface area contributed by atoms with Gasteiger partial charge >= 0.3 is 0 Å². The summed E-state index contributed by atoms with van der Waals surface area (Å²) < 4.78 is 0.702. The number of halogens is 1. The first-order chi connectivity index (χ1) is 6.09. The minimum absolute atomic E-state index is 0.145. The predicted molar refractivity (Wildman–Crippen MR) is 51.5 cm³/mol. The maximum Gasteiger partial charge on any atom is 0.291 e. The van der Waals surface area contributed by atoms with Crippen LogP contribution in [0.2, 0.25) is 0 Å². The van der Waals surface area contributed by atoms with Crippen LogP contribution in [0.3, 0.4) is 0 Å². The molecule has 70 valence electrons. The molecule has 0 unspecified atom stereocenters. The van der Waals surface area contributed by atoms with Crippen molar-refractivity contribution in [2.45, 2.75) is 6.92 Å². The van der Waals surface area contributed by atoms with Gasteiger partial charge in [-0.1, -0.05) is 22.5 Å². The molecule has 1 amide bonds. The number of hydrogen-bond donors (Lipinski definition) is 2. The van der Waals surface area contributed by atoms with E-state index >= 15 is 0 Å². The number of nitrogens with zero attached hydrogens (tertiary/aromatic N) is 2. The molecule has 0 saturated heterocycles. The third-order valence-electron chi connectivity index (χ3n) is 1.24. The molecule has 5 nitrogen and oxygen atoms in total. The zero-order valence-corrected chi connectivity index (χ0v) is 8.68. The van der Waals surface area contributed by atoms with Crippen LogP contribution in [0.15, 0.2) is 11.1 Å². The van der Waals surface area contributed by atoms with Crippen LogP contribution in [0.4, 0.5) is 0 Å². The Hall–Kier alpha value is -1.17. The number of aryl methyl sites for hydroxylation is 1. The average Bonchev–Trinajstić information content (AvgIpc) is 2.47. The molecule has 0 aliphatic rings. The quantitative estimate of drug-likeness (QED) is 0.825. The first-order valence-corrected chi connectivity index (χ1v) is 4.39. The van der Waals surface area contributed by atoms with E-state index < -0.39 is 0 Å². The van der Waals surface area contributed by atoms with Crippen LogP contribution in [0, 0.1) is 6.92 Å². The molecule has 0 atom stereocenters. The molecule has 13 heavy (non-hydrogen) atoms. The van der Waals surface area contributed by atoms with Gasteiger partial charge in [0.1, 0.15) is 5.82 Å². The predicted octanol–water partition coefficient (Wildman–Crippen LogP) is 0.752. The fourth-order valence-corrected chi connectivity index (χ4v) is 0.840. The summed E-state index contributed by atoms with van der Waals surface area (Å²) in [5.41, 5.74) is 0. The molecule has 0 aromatic carbocycles. The van der Waals surface area contributed by atoms with Gasteiger partial charge in [-0.05, 0) is 6.92 Å². The normalized spacial score (nSPS) is 9.69. The van der Waals surface area contributed by atoms with E-state index in [1.165, 1.54) is 0 Å². The Kier molecular flexibility index (Phi) is 3.18. The molecule has 2 N–H and O–H groups in total. The Morgan fingerprint density at radius 2 is 2.46 bits per heavy atom. The summed E-state index contributed by atoms with van der Waals surface area (Å²) in [6.45, 7) is 5.68. The van der Waals surface area contributed by atoms with Crippen LogP contribution in [0.5, 0.6) is 0 Å². The van der Waals surface area contributed by atoms with Crippen molar-refractivity contribution in [1.29, 1.82) is 0 Å². The Balaban J connectivity index is 2.54. The second-order valence-electron chi connectivity index (χ2n) is 2.44. The smallest absolute Gasteiger partial charge is 0.291 e. The zero-order chi connectivity index (χ0) is 9.84. The highest BCUT2D eigenvalue weighted by atomic mass is 79.9. The van der Waals surface area contributed by atoms with Crippen LogP contribution >= 0.6 is 15.9 Å². The molecule has 0 saturated carbocycles. The molecular weight excluding hydrogens is 236 g/mol. The first kappa shape index (κ1) is 9.91. The average molecular weight is 245 g/mol. The molecule has 0 fully saturated rings. The van der Waals surface area contributed by atoms with Crippen molar-refractivity contribution in [3.05, 3.63) is 22.7 Å². The number of H-pyrrole nitrogens is 1. The molecule has 1 heterocycles. The Morgan fingerprint density at radius 3 is 2.92 bits per heavy atom. The van der Waals surface area contributed by atoms with Crippen molar-refractivity contribution >= 4 is 21.8 Å². The number of aromatic amines is 1. The van der Waals surface area contributed by atoms with E-state index in [2.05, 4.69) is 43.0 Å². The molecule has 6 heteroatoms. The first-order valence-electron chi connectivity index (χ1n) is 3.60. The fourth-order valence-electron chi connectivity index (χ4n) is 0.699. The summed E-state index contributed by atoms with van der Waals surface area (Å²) in [5.74, 6) is 0.444. The summed E-state index contributed by atoms with van der Waals surface area (Å²) >= 11 is 3.12. The maximum atomic E-state index is 11.2. The van der Waals surface area contributed by atoms with E-state index in [0.717, 1.165) is 0 Å². The number of carbonyl (C=O) groups is 1. The van der Waals surface area contributed by atoms with E-state index in [-0.39, 0.29) is 11.7 Å². The topological polar surface area (TPSA) is 70.7 Å². The van der Waals surface area contributed by atoms with Crippen molar-refractivity contribution in [3.63, 3.8) is 0 Å². The number of hydrogen-bond acceptors (Lipinski definition) is 3. The van der Waals surface area contributed by atoms with Crippen LogP contribution in [0.25, 0.3) is 0 Å². The van der Waals surface area contributed by atoms with Crippen LogP contribution in [-0.4, -0.2) is 27.6 Å². The molecule has 1 aromatic rings. The van der Waals surface area contributed by atoms with Gasteiger partial charge in [-0.2, -0.15) is 0 Å². The molecule has 0 aliphatic heterocycles. The number of rotatable bonds is 3. The van der Waals surface area contributed by atoms with Gasteiger partial charge < -0.3 is 5.32 Å². The third-order valence-corrected chi connectivity index (χ3v) is 1.52. The minimum Gasteiger partial charge on any atom is -0.345 e. The largest absolute Gasteiger partial charge is 0.345 e. The van der Waals surface area contributed by atoms with E-state index in [9.17, 15) is 4.79 Å². The lowest BCUT2D eigenvalue weighted by Crippen LogP contribution is -2.25. The van der Waals surface area contributed by atoms with Gasteiger partial charge in [0.25, 0.3) is 5.91 Å². The van der Waals surface area contributed by atoms with E-state index in [1.807, 2.05) is 0 Å². The molecule has 1 aromatic heterocycles. The van der Waals surface area contributed by atoms with Crippen LogP contribution in [-0.2, 0) is 0 Å². The van der Waals surface area contributed by atoms with Crippen molar-refractivity contribution in [1.82, 2.24) is 20.5 Å². The van der Waals surface area contributed by atoms with Crippen molar-refractivity contribution in [3.8, 4) is 0 Å². The number of aromatic nitrogens is 3. The fraction of sp³-hybridized carbons (Fsp3) is 0.286. The molecule has 0 spiro atoms. The molecule has 1 rings (SSSR count). The standard InChI is InChI=1S/C7H9BrN4O/c1-4(8)3-9-7(13)6-10-5(2)11-12-6/h1,3H2,2H3,(H,9,13)(H,10,11,12). The SMILES string of the molecule is C=C(Br)CNC(=O)c1n[nH]c(C)n1. The molecular formula is C7H9BrN4O. The van der Waals surface area contributed by atoms with Gasteiger partial charge in [-0.15, -0.1) is 5.10 Å². The summed E-state index contributed by atoms with van der Waals surface area (Å²) in [5, 5.41) is 8.86. The van der Waals surface area contributed by atoms with Crippen LogP contribution in [0.1, 0.15) is 16.4 Å². The van der Waals surface area contributed by atoms with Crippen molar-refractivity contribution in [2.75, 3.05) is 6.54 Å². The van der Waals surface area contributed by atoms with Gasteiger partial charge in [0.2, 0.25) is 5.82 Å². The second kappa shape index (κ2) is 4.18. The minimum atomic E-state index is -0.315. The van der Waals surface area contributed by atoms with Crippen molar-refractivity contribution in [2.24, 2.45) is 0 Å². The monoisotopic (exact) mass is 244 g/mol. The summed E-state index contributed by atoms with van der Waals surface area (Å²) in [6.07, 6.45) is 0. The van der Waals surface area contributed by atoms with Gasteiger partial charge in [0.15, 0.2) is 0 Å². The number of nitrogens with one attached hydrogen (secondary N) is 2. The Morgan fingerprint density at radius 1 is 1.77 bits per heavy atom. The Labute approximate surface area is 83.8 Å². The van der Waals surface area contributed by atoms with Gasteiger partial charge in [-0.3, -0.25) is 9.89 Å². The lowest BCUT2D eigenvalue weighted by atomic mass is 10.5. The Bertz CT molecular complexity index is 333.